The van der Waals surface area contributed by atoms with Crippen LogP contribution in [0, 0.1) is 0 Å². The minimum Gasteiger partial charge on any atom is -0.383 e. The molecule has 1 aromatic rings. The van der Waals surface area contributed by atoms with E-state index < -0.39 is 20.2 Å². The van der Waals surface area contributed by atoms with E-state index in [1.807, 2.05) is 6.92 Å². The van der Waals surface area contributed by atoms with Gasteiger partial charge in [-0.25, -0.2) is 8.42 Å². The maximum atomic E-state index is 12.4. The van der Waals surface area contributed by atoms with Gasteiger partial charge in [-0.05, 0) is 50.6 Å². The minimum atomic E-state index is -5.28. The van der Waals surface area contributed by atoms with E-state index >= 15 is 0 Å². The summed E-state index contributed by atoms with van der Waals surface area (Å²) in [6.45, 7) is 2.48. The lowest BCUT2D eigenvalue weighted by Crippen LogP contribution is -2.23. The van der Waals surface area contributed by atoms with Crippen molar-refractivity contribution in [3.05, 3.63) is 24.3 Å². The van der Waals surface area contributed by atoms with E-state index in [9.17, 15) is 21.6 Å². The van der Waals surface area contributed by atoms with E-state index in [0.29, 0.717) is 12.2 Å². The van der Waals surface area contributed by atoms with Gasteiger partial charge in [0.1, 0.15) is 0 Å². The number of nitrogens with two attached hydrogens (primary N) is 1. The Balaban J connectivity index is 2.80. The zero-order valence-corrected chi connectivity index (χ0v) is 11.8. The van der Waals surface area contributed by atoms with Gasteiger partial charge in [-0.3, -0.25) is 0 Å². The molecule has 0 heterocycles. The summed E-state index contributed by atoms with van der Waals surface area (Å²) in [5.41, 5.74) is 0.662. The predicted octanol–water partition coefficient (Wildman–Crippen LogP) is 2.52. The van der Waals surface area contributed by atoms with Gasteiger partial charge in [-0.1, -0.05) is 0 Å². The molecule has 1 unspecified atom stereocenters. The molecule has 0 saturated heterocycles. The molecule has 20 heavy (non-hydrogen) atoms. The molecule has 8 heteroatoms. The van der Waals surface area contributed by atoms with Crippen molar-refractivity contribution in [1.82, 2.24) is 0 Å². The highest BCUT2D eigenvalue weighted by atomic mass is 32.2. The lowest BCUT2D eigenvalue weighted by Gasteiger charge is -2.15. The Morgan fingerprint density at radius 3 is 2.25 bits per heavy atom. The third-order valence-electron chi connectivity index (χ3n) is 2.72. The number of alkyl halides is 3. The van der Waals surface area contributed by atoms with Crippen LogP contribution in [0.4, 0.5) is 18.9 Å². The number of anilines is 1. The smallest absolute Gasteiger partial charge is 0.383 e. The summed E-state index contributed by atoms with van der Waals surface area (Å²) in [6.07, 6.45) is 1.65. The predicted molar refractivity (Wildman–Crippen MR) is 71.1 cm³/mol. The summed E-state index contributed by atoms with van der Waals surface area (Å²) in [6, 6.07) is 4.63. The van der Waals surface area contributed by atoms with Gasteiger partial charge in [0.05, 0.1) is 4.90 Å². The number of sulfone groups is 1. The molecule has 0 radical (unpaired) electrons. The maximum absolute atomic E-state index is 12.4. The standard InChI is InChI=1S/C12H17F3N2O2S/c1-9(3-2-8-16)17-10-4-6-11(7-5-10)20(18,19)12(13,14)15/h4-7,9,17H,2-3,8,16H2,1H3. The van der Waals surface area contributed by atoms with Crippen LogP contribution in [0.25, 0.3) is 0 Å². The second-order valence-corrected chi connectivity index (χ2v) is 6.39. The van der Waals surface area contributed by atoms with Crippen LogP contribution >= 0.6 is 0 Å². The Morgan fingerprint density at radius 1 is 1.25 bits per heavy atom. The summed E-state index contributed by atoms with van der Waals surface area (Å²) < 4.78 is 59.4. The number of rotatable bonds is 6. The quantitative estimate of drug-likeness (QED) is 0.847. The van der Waals surface area contributed by atoms with E-state index in [-0.39, 0.29) is 6.04 Å². The molecule has 0 aromatic heterocycles. The number of benzene rings is 1. The van der Waals surface area contributed by atoms with Gasteiger partial charge in [0.2, 0.25) is 0 Å². The molecule has 1 aromatic carbocycles. The fourth-order valence-electron chi connectivity index (χ4n) is 1.64. The molecule has 1 rings (SSSR count). The molecule has 0 bridgehead atoms. The Bertz CT molecular complexity index is 527. The van der Waals surface area contributed by atoms with Crippen molar-refractivity contribution in [1.29, 1.82) is 0 Å². The van der Waals surface area contributed by atoms with Crippen molar-refractivity contribution >= 4 is 15.5 Å². The summed E-state index contributed by atoms with van der Waals surface area (Å²) in [5, 5.41) is 3.06. The molecule has 3 N–H and O–H groups in total. The van der Waals surface area contributed by atoms with Crippen LogP contribution in [0.5, 0.6) is 0 Å². The molecule has 0 aliphatic heterocycles. The van der Waals surface area contributed by atoms with Gasteiger partial charge in [0.15, 0.2) is 0 Å². The van der Waals surface area contributed by atoms with E-state index in [0.717, 1.165) is 25.0 Å². The molecule has 0 amide bonds. The van der Waals surface area contributed by atoms with Crippen LogP contribution in [0.15, 0.2) is 29.2 Å². The Morgan fingerprint density at radius 2 is 1.80 bits per heavy atom. The van der Waals surface area contributed by atoms with E-state index in [1.54, 1.807) is 0 Å². The largest absolute Gasteiger partial charge is 0.501 e. The van der Waals surface area contributed by atoms with Crippen LogP contribution in [0.1, 0.15) is 19.8 Å². The molecule has 0 aliphatic rings. The zero-order valence-electron chi connectivity index (χ0n) is 10.9. The highest BCUT2D eigenvalue weighted by Gasteiger charge is 2.46. The van der Waals surface area contributed by atoms with Gasteiger partial charge in [0, 0.05) is 11.7 Å². The van der Waals surface area contributed by atoms with Gasteiger partial charge >= 0.3 is 5.51 Å². The van der Waals surface area contributed by atoms with E-state index in [1.165, 1.54) is 12.1 Å². The van der Waals surface area contributed by atoms with Crippen molar-refractivity contribution in [2.24, 2.45) is 5.73 Å². The molecular weight excluding hydrogens is 293 g/mol. The molecule has 0 aliphatic carbocycles. The third kappa shape index (κ3) is 4.11. The van der Waals surface area contributed by atoms with Gasteiger partial charge in [-0.15, -0.1) is 0 Å². The van der Waals surface area contributed by atoms with Crippen LogP contribution in [-0.2, 0) is 9.84 Å². The SMILES string of the molecule is CC(CCCN)Nc1ccc(S(=O)(=O)C(F)(F)F)cc1. The van der Waals surface area contributed by atoms with Crippen LogP contribution in [0.3, 0.4) is 0 Å². The fourth-order valence-corrected chi connectivity index (χ4v) is 2.41. The highest BCUT2D eigenvalue weighted by Crippen LogP contribution is 2.30. The summed E-state index contributed by atoms with van der Waals surface area (Å²) >= 11 is 0. The summed E-state index contributed by atoms with van der Waals surface area (Å²) in [5.74, 6) is 0. The van der Waals surface area contributed by atoms with Crippen LogP contribution in [-0.4, -0.2) is 26.5 Å². The second kappa shape index (κ2) is 6.45. The van der Waals surface area contributed by atoms with Gasteiger partial charge in [-0.2, -0.15) is 13.2 Å². The molecule has 114 valence electrons. The zero-order chi connectivity index (χ0) is 15.4. The minimum absolute atomic E-state index is 0.101. The molecule has 4 nitrogen and oxygen atoms in total. The molecule has 0 saturated carbocycles. The Hall–Kier alpha value is -1.28. The first-order chi connectivity index (χ1) is 9.18. The van der Waals surface area contributed by atoms with Crippen LogP contribution in [0.2, 0.25) is 0 Å². The Kier molecular flexibility index (Phi) is 5.41. The number of halogens is 3. The summed E-state index contributed by atoms with van der Waals surface area (Å²) in [4.78, 5) is -0.759. The van der Waals surface area contributed by atoms with Crippen molar-refractivity contribution in [3.63, 3.8) is 0 Å². The molecular formula is C12H17F3N2O2S. The Labute approximate surface area is 116 Å². The van der Waals surface area contributed by atoms with Gasteiger partial charge < -0.3 is 11.1 Å². The first-order valence-electron chi connectivity index (χ1n) is 6.06. The average molecular weight is 310 g/mol. The lowest BCUT2D eigenvalue weighted by molar-refractivity contribution is -0.0436. The molecule has 1 atom stereocenters. The first kappa shape index (κ1) is 16.8. The molecule has 0 spiro atoms. The van der Waals surface area contributed by atoms with Crippen molar-refractivity contribution in [2.75, 3.05) is 11.9 Å². The van der Waals surface area contributed by atoms with Crippen LogP contribution < -0.4 is 11.1 Å². The lowest BCUT2D eigenvalue weighted by atomic mass is 10.1. The highest BCUT2D eigenvalue weighted by molar-refractivity contribution is 7.92. The van der Waals surface area contributed by atoms with E-state index in [2.05, 4.69) is 5.32 Å². The number of nitrogens with one attached hydrogen (secondary N) is 1. The van der Waals surface area contributed by atoms with E-state index in [4.69, 9.17) is 5.73 Å². The third-order valence-corrected chi connectivity index (χ3v) is 4.23. The van der Waals surface area contributed by atoms with Gasteiger partial charge in [0.25, 0.3) is 9.84 Å². The fraction of sp³-hybridized carbons (Fsp3) is 0.500. The topological polar surface area (TPSA) is 72.2 Å². The second-order valence-electron chi connectivity index (χ2n) is 4.45. The van der Waals surface area contributed by atoms with Crippen molar-refractivity contribution < 1.29 is 21.6 Å². The average Bonchev–Trinajstić information content (AvgIpc) is 2.35. The van der Waals surface area contributed by atoms with Crippen molar-refractivity contribution in [2.45, 2.75) is 36.2 Å². The first-order valence-corrected chi connectivity index (χ1v) is 7.55. The number of hydrogen-bond donors (Lipinski definition) is 2. The maximum Gasteiger partial charge on any atom is 0.501 e. The monoisotopic (exact) mass is 310 g/mol. The van der Waals surface area contributed by atoms with Crippen molar-refractivity contribution in [3.8, 4) is 0 Å². The number of hydrogen-bond acceptors (Lipinski definition) is 4. The normalized spacial score (nSPS) is 14.1. The molecule has 0 fully saturated rings. The summed E-state index contributed by atoms with van der Waals surface area (Å²) in [7, 11) is -5.28.